The second-order valence-corrected chi connectivity index (χ2v) is 7.28. The highest BCUT2D eigenvalue weighted by Gasteiger charge is 2.18. The third-order valence-corrected chi connectivity index (χ3v) is 5.31. The van der Waals surface area contributed by atoms with Crippen molar-refractivity contribution >= 4 is 23.3 Å². The molecule has 1 saturated heterocycles. The maximum absolute atomic E-state index is 11.6. The fourth-order valence-electron chi connectivity index (χ4n) is 3.52. The predicted molar refractivity (Wildman–Crippen MR) is 112 cm³/mol. The molecule has 28 heavy (non-hydrogen) atoms. The van der Waals surface area contributed by atoms with Gasteiger partial charge in [-0.1, -0.05) is 29.8 Å². The minimum atomic E-state index is -0.679. The molecule has 0 atom stereocenters. The number of pyridine rings is 1. The molecule has 0 unspecified atom stereocenters. The summed E-state index contributed by atoms with van der Waals surface area (Å²) in [5.41, 5.74) is 8.74. The Kier molecular flexibility index (Phi) is 4.92. The lowest BCUT2D eigenvalue weighted by molar-refractivity contribution is 0.0998. The van der Waals surface area contributed by atoms with Gasteiger partial charge in [-0.2, -0.15) is 0 Å². The number of halogens is 1. The van der Waals surface area contributed by atoms with Crippen LogP contribution in [-0.2, 0) is 0 Å². The molecule has 0 spiro atoms. The molecule has 0 radical (unpaired) electrons. The molecule has 1 aliphatic heterocycles. The fraction of sp³-hybridized carbons (Fsp3) is 0.182. The normalized spacial score (nSPS) is 13.7. The number of nitrogens with two attached hydrogens (primary N) is 1. The van der Waals surface area contributed by atoms with Crippen LogP contribution in [-0.4, -0.2) is 29.1 Å². The predicted octanol–water partition coefficient (Wildman–Crippen LogP) is 4.47. The van der Waals surface area contributed by atoms with Gasteiger partial charge >= 0.3 is 0 Å². The molecule has 142 valence electrons. The zero-order valence-electron chi connectivity index (χ0n) is 15.2. The summed E-state index contributed by atoms with van der Waals surface area (Å²) >= 11 is 6.43. The number of phenols is 1. The number of amides is 1. The lowest BCUT2D eigenvalue weighted by Crippen LogP contribution is -2.19. The van der Waals surface area contributed by atoms with Gasteiger partial charge in [0, 0.05) is 29.2 Å². The lowest BCUT2D eigenvalue weighted by atomic mass is 10.0. The Balaban J connectivity index is 1.88. The molecule has 2 heterocycles. The molecular weight excluding hydrogens is 374 g/mol. The first-order valence-electron chi connectivity index (χ1n) is 9.18. The number of carbonyl (C=O) groups is 1. The number of benzene rings is 2. The van der Waals surface area contributed by atoms with Crippen LogP contribution in [0.5, 0.6) is 5.75 Å². The summed E-state index contributed by atoms with van der Waals surface area (Å²) < 4.78 is 0. The Hall–Kier alpha value is -3.05. The molecule has 1 aromatic heterocycles. The van der Waals surface area contributed by atoms with Crippen LogP contribution in [0, 0.1) is 0 Å². The van der Waals surface area contributed by atoms with E-state index in [2.05, 4.69) is 4.90 Å². The first-order valence-corrected chi connectivity index (χ1v) is 9.56. The molecule has 0 aliphatic carbocycles. The minimum Gasteiger partial charge on any atom is -0.507 e. The van der Waals surface area contributed by atoms with E-state index in [-0.39, 0.29) is 11.3 Å². The van der Waals surface area contributed by atoms with Crippen molar-refractivity contribution in [3.8, 4) is 28.1 Å². The van der Waals surface area contributed by atoms with Gasteiger partial charge in [0.25, 0.3) is 5.91 Å². The maximum Gasteiger partial charge on any atom is 0.252 e. The van der Waals surface area contributed by atoms with E-state index in [1.165, 1.54) is 6.07 Å². The highest BCUT2D eigenvalue weighted by Crippen LogP contribution is 2.34. The second-order valence-electron chi connectivity index (χ2n) is 6.87. The Labute approximate surface area is 168 Å². The summed E-state index contributed by atoms with van der Waals surface area (Å²) in [5, 5.41) is 10.6. The smallest absolute Gasteiger partial charge is 0.252 e. The first-order chi connectivity index (χ1) is 13.5. The number of aromatic hydroxyl groups is 1. The van der Waals surface area contributed by atoms with Crippen molar-refractivity contribution in [3.63, 3.8) is 0 Å². The van der Waals surface area contributed by atoms with Crippen molar-refractivity contribution in [1.82, 2.24) is 4.98 Å². The van der Waals surface area contributed by atoms with Crippen molar-refractivity contribution in [3.05, 3.63) is 65.2 Å². The highest BCUT2D eigenvalue weighted by molar-refractivity contribution is 6.33. The standard InChI is InChI=1S/C22H20ClN3O2/c23-18-6-2-1-5-16(18)15-12-19(25-21(13-15)26-9-3-4-10-26)14-7-8-20(27)17(11-14)22(24)28/h1-2,5-8,11-13,27H,3-4,9-10H2,(H2,24,28). The molecule has 0 bridgehead atoms. The van der Waals surface area contributed by atoms with Crippen LogP contribution in [0.15, 0.2) is 54.6 Å². The Morgan fingerprint density at radius 1 is 1.04 bits per heavy atom. The summed E-state index contributed by atoms with van der Waals surface area (Å²) in [6, 6.07) is 16.4. The molecule has 1 aliphatic rings. The van der Waals surface area contributed by atoms with E-state index < -0.39 is 5.91 Å². The zero-order chi connectivity index (χ0) is 19.7. The fourth-order valence-corrected chi connectivity index (χ4v) is 3.76. The van der Waals surface area contributed by atoms with Gasteiger partial charge in [-0.25, -0.2) is 4.98 Å². The number of hydrogen-bond donors (Lipinski definition) is 2. The molecule has 3 aromatic rings. The molecule has 6 heteroatoms. The van der Waals surface area contributed by atoms with Crippen LogP contribution in [0.1, 0.15) is 23.2 Å². The highest BCUT2D eigenvalue weighted by atomic mass is 35.5. The van der Waals surface area contributed by atoms with Gasteiger partial charge in [0.05, 0.1) is 11.3 Å². The number of primary amides is 1. The van der Waals surface area contributed by atoms with Crippen LogP contribution < -0.4 is 10.6 Å². The van der Waals surface area contributed by atoms with Gasteiger partial charge < -0.3 is 15.7 Å². The number of aromatic nitrogens is 1. The van der Waals surface area contributed by atoms with Gasteiger partial charge in [0.2, 0.25) is 0 Å². The summed E-state index contributed by atoms with van der Waals surface area (Å²) in [6.45, 7) is 1.92. The number of rotatable bonds is 4. The SMILES string of the molecule is NC(=O)c1cc(-c2cc(-c3ccccc3Cl)cc(N3CCCC3)n2)ccc1O. The lowest BCUT2D eigenvalue weighted by Gasteiger charge is -2.19. The van der Waals surface area contributed by atoms with Gasteiger partial charge in [0.15, 0.2) is 0 Å². The third kappa shape index (κ3) is 3.53. The van der Waals surface area contributed by atoms with Crippen LogP contribution in [0.3, 0.4) is 0 Å². The largest absolute Gasteiger partial charge is 0.507 e. The molecular formula is C22H20ClN3O2. The van der Waals surface area contributed by atoms with Crippen LogP contribution in [0.25, 0.3) is 22.4 Å². The molecule has 1 fully saturated rings. The van der Waals surface area contributed by atoms with Crippen LogP contribution in [0.4, 0.5) is 5.82 Å². The summed E-state index contributed by atoms with van der Waals surface area (Å²) in [4.78, 5) is 18.7. The summed E-state index contributed by atoms with van der Waals surface area (Å²) in [7, 11) is 0. The number of carbonyl (C=O) groups excluding carboxylic acids is 1. The summed E-state index contributed by atoms with van der Waals surface area (Å²) in [5.74, 6) is 0.0540. The number of nitrogens with zero attached hydrogens (tertiary/aromatic N) is 2. The zero-order valence-corrected chi connectivity index (χ0v) is 16.0. The molecule has 0 saturated carbocycles. The summed E-state index contributed by atoms with van der Waals surface area (Å²) in [6.07, 6.45) is 2.27. The number of hydrogen-bond acceptors (Lipinski definition) is 4. The quantitative estimate of drug-likeness (QED) is 0.685. The van der Waals surface area contributed by atoms with Crippen molar-refractivity contribution < 1.29 is 9.90 Å². The molecule has 5 nitrogen and oxygen atoms in total. The van der Waals surface area contributed by atoms with Crippen molar-refractivity contribution in [2.24, 2.45) is 5.73 Å². The van der Waals surface area contributed by atoms with E-state index in [9.17, 15) is 9.90 Å². The van der Waals surface area contributed by atoms with Crippen molar-refractivity contribution in [1.29, 1.82) is 0 Å². The van der Waals surface area contributed by atoms with Gasteiger partial charge in [-0.05, 0) is 54.8 Å². The monoisotopic (exact) mass is 393 g/mol. The Morgan fingerprint density at radius 2 is 1.79 bits per heavy atom. The molecule has 2 aromatic carbocycles. The molecule has 3 N–H and O–H groups in total. The van der Waals surface area contributed by atoms with E-state index in [4.69, 9.17) is 22.3 Å². The Morgan fingerprint density at radius 3 is 2.50 bits per heavy atom. The van der Waals surface area contributed by atoms with Crippen LogP contribution >= 0.6 is 11.6 Å². The van der Waals surface area contributed by atoms with Gasteiger partial charge in [-0.15, -0.1) is 0 Å². The average Bonchev–Trinajstić information content (AvgIpc) is 3.23. The van der Waals surface area contributed by atoms with Gasteiger partial charge in [0.1, 0.15) is 11.6 Å². The minimum absolute atomic E-state index is 0.0742. The van der Waals surface area contributed by atoms with E-state index >= 15 is 0 Å². The van der Waals surface area contributed by atoms with Gasteiger partial charge in [-0.3, -0.25) is 4.79 Å². The van der Waals surface area contributed by atoms with E-state index in [0.29, 0.717) is 16.3 Å². The van der Waals surface area contributed by atoms with Crippen molar-refractivity contribution in [2.45, 2.75) is 12.8 Å². The van der Waals surface area contributed by atoms with Crippen LogP contribution in [0.2, 0.25) is 5.02 Å². The first kappa shape index (κ1) is 18.3. The van der Waals surface area contributed by atoms with E-state index in [1.54, 1.807) is 12.1 Å². The maximum atomic E-state index is 11.6. The van der Waals surface area contributed by atoms with E-state index in [0.717, 1.165) is 42.9 Å². The topological polar surface area (TPSA) is 79.5 Å². The second kappa shape index (κ2) is 7.52. The van der Waals surface area contributed by atoms with E-state index in [1.807, 2.05) is 36.4 Å². The number of anilines is 1. The molecule has 1 amide bonds. The average molecular weight is 394 g/mol. The molecule has 4 rings (SSSR count). The Bertz CT molecular complexity index is 1050. The van der Waals surface area contributed by atoms with Crippen molar-refractivity contribution in [2.75, 3.05) is 18.0 Å². The third-order valence-electron chi connectivity index (χ3n) is 4.98.